The van der Waals surface area contributed by atoms with Crippen LogP contribution in [0.15, 0.2) is 59.5 Å². The number of nitrogens with zero attached hydrogens (tertiary/aromatic N) is 3. The molecule has 0 aliphatic carbocycles. The summed E-state index contributed by atoms with van der Waals surface area (Å²) >= 11 is 6.34. The van der Waals surface area contributed by atoms with Crippen LogP contribution >= 0.6 is 11.6 Å². The highest BCUT2D eigenvalue weighted by atomic mass is 35.5. The number of hydrogen-bond acceptors (Lipinski definition) is 4. The number of ether oxygens (including phenoxy) is 1. The van der Waals surface area contributed by atoms with E-state index in [1.807, 2.05) is 62.4 Å². The number of benzene rings is 2. The van der Waals surface area contributed by atoms with Crippen LogP contribution in [0.4, 0.5) is 0 Å². The van der Waals surface area contributed by atoms with Gasteiger partial charge in [0.15, 0.2) is 0 Å². The normalized spacial score (nSPS) is 11.0. The quantitative estimate of drug-likeness (QED) is 0.450. The van der Waals surface area contributed by atoms with Gasteiger partial charge in [0.2, 0.25) is 5.91 Å². The van der Waals surface area contributed by atoms with Crippen molar-refractivity contribution >= 4 is 28.3 Å². The van der Waals surface area contributed by atoms with Gasteiger partial charge in [0.05, 0.1) is 18.7 Å². The molecule has 0 aliphatic rings. The molecule has 4 aromatic rings. The summed E-state index contributed by atoms with van der Waals surface area (Å²) in [5, 5.41) is 9.10. The van der Waals surface area contributed by atoms with Crippen molar-refractivity contribution in [2.24, 2.45) is 0 Å². The van der Waals surface area contributed by atoms with Crippen molar-refractivity contribution in [1.82, 2.24) is 19.7 Å². The van der Waals surface area contributed by atoms with E-state index in [2.05, 4.69) is 15.0 Å². The van der Waals surface area contributed by atoms with E-state index in [1.165, 1.54) is 4.68 Å². The van der Waals surface area contributed by atoms with Gasteiger partial charge in [0.1, 0.15) is 12.3 Å². The van der Waals surface area contributed by atoms with E-state index in [1.54, 1.807) is 13.3 Å². The average molecular weight is 465 g/mol. The standard InChI is InChI=1S/C25H25ClN4O3/c1-16-21-13-28-30(15-23(31)27-12-18-7-6-9-20(11-18)33-3)25(32)24(21)17(2)29(16)14-19-8-4-5-10-22(19)26/h4-11,13H,12,14-15H2,1-3H3,(H,27,31). The summed E-state index contributed by atoms with van der Waals surface area (Å²) in [6.07, 6.45) is 1.65. The fourth-order valence-electron chi connectivity index (χ4n) is 3.97. The summed E-state index contributed by atoms with van der Waals surface area (Å²) in [7, 11) is 1.59. The Balaban J connectivity index is 1.56. The minimum atomic E-state index is -0.295. The van der Waals surface area contributed by atoms with Crippen LogP contribution in [-0.4, -0.2) is 27.4 Å². The van der Waals surface area contributed by atoms with E-state index in [-0.39, 0.29) is 18.0 Å². The molecule has 0 spiro atoms. The lowest BCUT2D eigenvalue weighted by atomic mass is 10.2. The first-order chi connectivity index (χ1) is 15.9. The molecule has 0 atom stereocenters. The summed E-state index contributed by atoms with van der Waals surface area (Å²) in [4.78, 5) is 25.7. The first kappa shape index (κ1) is 22.6. The Morgan fingerprint density at radius 3 is 2.67 bits per heavy atom. The largest absolute Gasteiger partial charge is 0.497 e. The monoisotopic (exact) mass is 464 g/mol. The summed E-state index contributed by atoms with van der Waals surface area (Å²) in [5.74, 6) is 0.425. The van der Waals surface area contributed by atoms with Crippen molar-refractivity contribution in [2.75, 3.05) is 7.11 Å². The highest BCUT2D eigenvalue weighted by Gasteiger charge is 2.18. The predicted octanol–water partition coefficient (Wildman–Crippen LogP) is 3.84. The number of rotatable bonds is 7. The molecule has 0 aliphatic heterocycles. The zero-order valence-electron chi connectivity index (χ0n) is 18.8. The third-order valence-electron chi connectivity index (χ3n) is 5.81. The summed E-state index contributed by atoms with van der Waals surface area (Å²) in [6, 6.07) is 15.1. The number of carbonyl (C=O) groups excluding carboxylic acids is 1. The predicted molar refractivity (Wildman–Crippen MR) is 129 cm³/mol. The third kappa shape index (κ3) is 4.64. The Kier molecular flexibility index (Phi) is 6.51. The smallest absolute Gasteiger partial charge is 0.276 e. The number of aromatic nitrogens is 3. The average Bonchev–Trinajstić information content (AvgIpc) is 3.06. The van der Waals surface area contributed by atoms with E-state index >= 15 is 0 Å². The summed E-state index contributed by atoms with van der Waals surface area (Å²) < 4.78 is 8.46. The van der Waals surface area contributed by atoms with Gasteiger partial charge >= 0.3 is 0 Å². The maximum absolute atomic E-state index is 13.2. The number of aryl methyl sites for hydroxylation is 2. The molecule has 2 heterocycles. The molecule has 7 nitrogen and oxygen atoms in total. The van der Waals surface area contributed by atoms with E-state index in [9.17, 15) is 9.59 Å². The maximum Gasteiger partial charge on any atom is 0.276 e. The zero-order valence-corrected chi connectivity index (χ0v) is 19.5. The fourth-order valence-corrected chi connectivity index (χ4v) is 4.16. The maximum atomic E-state index is 13.2. The molecule has 170 valence electrons. The number of hydrogen-bond donors (Lipinski definition) is 1. The topological polar surface area (TPSA) is 78.2 Å². The van der Waals surface area contributed by atoms with Gasteiger partial charge < -0.3 is 14.6 Å². The van der Waals surface area contributed by atoms with Gasteiger partial charge in [-0.1, -0.05) is 41.9 Å². The van der Waals surface area contributed by atoms with Crippen LogP contribution in [0.1, 0.15) is 22.5 Å². The van der Waals surface area contributed by atoms with E-state index < -0.39 is 0 Å². The lowest BCUT2D eigenvalue weighted by Gasteiger charge is -2.10. The molecule has 2 aromatic carbocycles. The van der Waals surface area contributed by atoms with Crippen LogP contribution in [0, 0.1) is 13.8 Å². The van der Waals surface area contributed by atoms with Crippen LogP contribution < -0.4 is 15.6 Å². The molecule has 0 bridgehead atoms. The number of nitrogens with one attached hydrogen (secondary N) is 1. The van der Waals surface area contributed by atoms with Crippen molar-refractivity contribution in [1.29, 1.82) is 0 Å². The first-order valence-corrected chi connectivity index (χ1v) is 11.0. The Labute approximate surface area is 196 Å². The Morgan fingerprint density at radius 1 is 1.12 bits per heavy atom. The third-order valence-corrected chi connectivity index (χ3v) is 6.18. The van der Waals surface area contributed by atoms with Crippen molar-refractivity contribution in [3.05, 3.63) is 92.6 Å². The van der Waals surface area contributed by atoms with Crippen LogP contribution in [0.5, 0.6) is 5.75 Å². The van der Waals surface area contributed by atoms with Gasteiger partial charge in [0.25, 0.3) is 5.56 Å². The molecule has 0 radical (unpaired) electrons. The molecular weight excluding hydrogens is 440 g/mol. The molecule has 0 saturated carbocycles. The Bertz CT molecular complexity index is 1390. The molecular formula is C25H25ClN4O3. The highest BCUT2D eigenvalue weighted by molar-refractivity contribution is 6.31. The highest BCUT2D eigenvalue weighted by Crippen LogP contribution is 2.25. The number of methoxy groups -OCH3 is 1. The van der Waals surface area contributed by atoms with Gasteiger partial charge in [-0.2, -0.15) is 5.10 Å². The van der Waals surface area contributed by atoms with Crippen LogP contribution in [0.2, 0.25) is 5.02 Å². The fraction of sp³-hybridized carbons (Fsp3) is 0.240. The SMILES string of the molecule is COc1cccc(CNC(=O)Cn2ncc3c(C)n(Cc4ccccc4Cl)c(C)c3c2=O)c1. The van der Waals surface area contributed by atoms with Gasteiger partial charge in [-0.15, -0.1) is 0 Å². The minimum absolute atomic E-state index is 0.160. The molecule has 33 heavy (non-hydrogen) atoms. The number of amides is 1. The summed E-state index contributed by atoms with van der Waals surface area (Å²) in [5.41, 5.74) is 3.34. The van der Waals surface area contributed by atoms with Crippen molar-refractivity contribution in [2.45, 2.75) is 33.5 Å². The van der Waals surface area contributed by atoms with Crippen LogP contribution in [-0.2, 0) is 24.4 Å². The molecule has 4 rings (SSSR count). The second-order valence-corrected chi connectivity index (χ2v) is 8.28. The lowest BCUT2D eigenvalue weighted by molar-refractivity contribution is -0.122. The van der Waals surface area contributed by atoms with Crippen molar-refractivity contribution in [3.8, 4) is 5.75 Å². The number of halogens is 1. The first-order valence-electron chi connectivity index (χ1n) is 10.6. The van der Waals surface area contributed by atoms with Gasteiger partial charge in [-0.05, 0) is 43.2 Å². The van der Waals surface area contributed by atoms with E-state index in [4.69, 9.17) is 16.3 Å². The van der Waals surface area contributed by atoms with Gasteiger partial charge in [0, 0.05) is 34.9 Å². The minimum Gasteiger partial charge on any atom is -0.497 e. The molecule has 8 heteroatoms. The number of fused-ring (bicyclic) bond motifs is 1. The molecule has 0 unspecified atom stereocenters. The van der Waals surface area contributed by atoms with Crippen molar-refractivity contribution < 1.29 is 9.53 Å². The molecule has 0 saturated heterocycles. The van der Waals surface area contributed by atoms with Crippen molar-refractivity contribution in [3.63, 3.8) is 0 Å². The second-order valence-electron chi connectivity index (χ2n) is 7.87. The van der Waals surface area contributed by atoms with E-state index in [0.717, 1.165) is 33.7 Å². The lowest BCUT2D eigenvalue weighted by Crippen LogP contribution is -2.33. The van der Waals surface area contributed by atoms with E-state index in [0.29, 0.717) is 23.5 Å². The molecule has 0 fully saturated rings. The molecule has 1 N–H and O–H groups in total. The molecule has 1 amide bonds. The summed E-state index contributed by atoms with van der Waals surface area (Å²) in [6.45, 7) is 4.58. The Morgan fingerprint density at radius 2 is 1.91 bits per heavy atom. The number of carbonyl (C=O) groups is 1. The van der Waals surface area contributed by atoms with Crippen LogP contribution in [0.3, 0.4) is 0 Å². The second kappa shape index (κ2) is 9.50. The molecule has 2 aromatic heterocycles. The van der Waals surface area contributed by atoms with Gasteiger partial charge in [-0.3, -0.25) is 9.59 Å². The van der Waals surface area contributed by atoms with Crippen LogP contribution in [0.25, 0.3) is 10.8 Å². The zero-order chi connectivity index (χ0) is 23.5. The Hall–Kier alpha value is -3.58. The van der Waals surface area contributed by atoms with Gasteiger partial charge in [-0.25, -0.2) is 4.68 Å².